The van der Waals surface area contributed by atoms with E-state index in [9.17, 15) is 4.79 Å². The van der Waals surface area contributed by atoms with Gasteiger partial charge >= 0.3 is 6.03 Å². The molecule has 0 aliphatic carbocycles. The lowest BCUT2D eigenvalue weighted by atomic mass is 10.1. The third-order valence-electron chi connectivity index (χ3n) is 3.29. The highest BCUT2D eigenvalue weighted by Crippen LogP contribution is 2.16. The molecule has 20 heavy (non-hydrogen) atoms. The van der Waals surface area contributed by atoms with Crippen molar-refractivity contribution in [1.29, 1.82) is 0 Å². The fraction of sp³-hybridized carbons (Fsp3) is 0.500. The molecule has 4 N–H and O–H groups in total. The predicted molar refractivity (Wildman–Crippen MR) is 76.5 cm³/mol. The van der Waals surface area contributed by atoms with E-state index < -0.39 is 0 Å². The van der Waals surface area contributed by atoms with Gasteiger partial charge in [-0.05, 0) is 24.6 Å². The van der Waals surface area contributed by atoms with Gasteiger partial charge in [0.15, 0.2) is 0 Å². The second kappa shape index (κ2) is 6.69. The van der Waals surface area contributed by atoms with Crippen molar-refractivity contribution in [3.05, 3.63) is 29.8 Å². The maximum absolute atomic E-state index is 12.2. The molecule has 1 fully saturated rings. The lowest BCUT2D eigenvalue weighted by molar-refractivity contribution is -0.0388. The summed E-state index contributed by atoms with van der Waals surface area (Å²) in [5, 5.41) is 11.9. The maximum Gasteiger partial charge on any atom is 0.322 e. The van der Waals surface area contributed by atoms with Crippen LogP contribution in [0, 0.1) is 0 Å². The number of nitrogens with zero attached hydrogens (tertiary/aromatic N) is 1. The van der Waals surface area contributed by atoms with E-state index >= 15 is 0 Å². The van der Waals surface area contributed by atoms with Crippen molar-refractivity contribution in [3.63, 3.8) is 0 Å². The Kier molecular flexibility index (Phi) is 4.94. The Morgan fingerprint density at radius 3 is 3.15 bits per heavy atom. The average Bonchev–Trinajstić information content (AvgIpc) is 2.47. The van der Waals surface area contributed by atoms with E-state index in [2.05, 4.69) is 5.32 Å². The van der Waals surface area contributed by atoms with Gasteiger partial charge in [0.25, 0.3) is 0 Å². The van der Waals surface area contributed by atoms with Gasteiger partial charge in [0.2, 0.25) is 0 Å². The molecule has 1 aromatic carbocycles. The largest absolute Gasteiger partial charge is 0.394 e. The molecule has 2 rings (SSSR count). The highest BCUT2D eigenvalue weighted by molar-refractivity contribution is 5.89. The molecule has 1 heterocycles. The van der Waals surface area contributed by atoms with Crippen LogP contribution in [0.3, 0.4) is 0 Å². The molecular weight excluding hydrogens is 258 g/mol. The smallest absolute Gasteiger partial charge is 0.322 e. The minimum Gasteiger partial charge on any atom is -0.394 e. The number of carbonyl (C=O) groups excluding carboxylic acids is 1. The molecule has 0 saturated carbocycles. The minimum atomic E-state index is -0.301. The Balaban J connectivity index is 1.98. The molecule has 1 aromatic rings. The van der Waals surface area contributed by atoms with E-state index in [1.807, 2.05) is 31.2 Å². The SMILES string of the molecule is CC(N)c1cccc(NC(=O)N2CCOC(CO)C2)c1. The van der Waals surface area contributed by atoms with Crippen LogP contribution in [0.2, 0.25) is 0 Å². The second-order valence-electron chi connectivity index (χ2n) is 4.97. The topological polar surface area (TPSA) is 87.8 Å². The number of morpholine rings is 1. The van der Waals surface area contributed by atoms with Gasteiger partial charge in [-0.25, -0.2) is 4.79 Å². The van der Waals surface area contributed by atoms with Crippen molar-refractivity contribution in [1.82, 2.24) is 4.90 Å². The number of amides is 2. The van der Waals surface area contributed by atoms with E-state index in [0.717, 1.165) is 11.3 Å². The first-order chi connectivity index (χ1) is 9.60. The van der Waals surface area contributed by atoms with Crippen LogP contribution in [0.4, 0.5) is 10.5 Å². The Labute approximate surface area is 118 Å². The minimum absolute atomic E-state index is 0.0750. The Bertz CT molecular complexity index is 465. The van der Waals surface area contributed by atoms with E-state index in [-0.39, 0.29) is 24.8 Å². The zero-order valence-electron chi connectivity index (χ0n) is 11.6. The van der Waals surface area contributed by atoms with Crippen LogP contribution in [0.25, 0.3) is 0 Å². The molecule has 110 valence electrons. The van der Waals surface area contributed by atoms with Crippen molar-refractivity contribution in [2.45, 2.75) is 19.1 Å². The van der Waals surface area contributed by atoms with Gasteiger partial charge in [-0.3, -0.25) is 0 Å². The molecular formula is C14H21N3O3. The number of carbonyl (C=O) groups is 1. The summed E-state index contributed by atoms with van der Waals surface area (Å²) in [4.78, 5) is 13.8. The van der Waals surface area contributed by atoms with Crippen LogP contribution in [-0.4, -0.2) is 48.4 Å². The van der Waals surface area contributed by atoms with Gasteiger partial charge in [0.05, 0.1) is 25.9 Å². The summed E-state index contributed by atoms with van der Waals surface area (Å²) in [6.45, 7) is 3.18. The molecule has 0 aromatic heterocycles. The zero-order valence-corrected chi connectivity index (χ0v) is 11.6. The molecule has 6 nitrogen and oxygen atoms in total. The van der Waals surface area contributed by atoms with Crippen LogP contribution in [0.5, 0.6) is 0 Å². The van der Waals surface area contributed by atoms with E-state index in [1.54, 1.807) is 4.90 Å². The second-order valence-corrected chi connectivity index (χ2v) is 4.97. The van der Waals surface area contributed by atoms with E-state index in [1.165, 1.54) is 0 Å². The molecule has 6 heteroatoms. The fourth-order valence-electron chi connectivity index (χ4n) is 2.12. The lowest BCUT2D eigenvalue weighted by Gasteiger charge is -2.32. The van der Waals surface area contributed by atoms with Crippen molar-refractivity contribution in [2.75, 3.05) is 31.6 Å². The Morgan fingerprint density at radius 2 is 2.45 bits per heavy atom. The number of hydrogen-bond acceptors (Lipinski definition) is 4. The van der Waals surface area contributed by atoms with Crippen molar-refractivity contribution >= 4 is 11.7 Å². The maximum atomic E-state index is 12.2. The van der Waals surface area contributed by atoms with Crippen LogP contribution >= 0.6 is 0 Å². The highest BCUT2D eigenvalue weighted by atomic mass is 16.5. The first-order valence-corrected chi connectivity index (χ1v) is 6.74. The van der Waals surface area contributed by atoms with E-state index in [0.29, 0.717) is 19.7 Å². The fourth-order valence-corrected chi connectivity index (χ4v) is 2.12. The summed E-state index contributed by atoms with van der Waals surface area (Å²) < 4.78 is 5.32. The number of nitrogens with two attached hydrogens (primary N) is 1. The van der Waals surface area contributed by atoms with Gasteiger partial charge in [-0.2, -0.15) is 0 Å². The Hall–Kier alpha value is -1.63. The van der Waals surface area contributed by atoms with Gasteiger partial charge in [-0.15, -0.1) is 0 Å². The van der Waals surface area contributed by atoms with Crippen LogP contribution in [0.15, 0.2) is 24.3 Å². The first kappa shape index (κ1) is 14.8. The third kappa shape index (κ3) is 3.69. The average molecular weight is 279 g/mol. The Morgan fingerprint density at radius 1 is 1.65 bits per heavy atom. The molecule has 2 atom stereocenters. The summed E-state index contributed by atoms with van der Waals surface area (Å²) in [5.74, 6) is 0. The molecule has 0 spiro atoms. The number of anilines is 1. The highest BCUT2D eigenvalue weighted by Gasteiger charge is 2.23. The monoisotopic (exact) mass is 279 g/mol. The van der Waals surface area contributed by atoms with Crippen LogP contribution in [-0.2, 0) is 4.74 Å². The number of ether oxygens (including phenoxy) is 1. The van der Waals surface area contributed by atoms with Crippen molar-refractivity contribution in [3.8, 4) is 0 Å². The molecule has 0 bridgehead atoms. The third-order valence-corrected chi connectivity index (χ3v) is 3.29. The molecule has 0 radical (unpaired) electrons. The van der Waals surface area contributed by atoms with Gasteiger partial charge in [0.1, 0.15) is 0 Å². The summed E-state index contributed by atoms with van der Waals surface area (Å²) >= 11 is 0. The van der Waals surface area contributed by atoms with Crippen molar-refractivity contribution in [2.24, 2.45) is 5.73 Å². The lowest BCUT2D eigenvalue weighted by Crippen LogP contribution is -2.48. The number of urea groups is 1. The molecule has 1 aliphatic rings. The first-order valence-electron chi connectivity index (χ1n) is 6.74. The quantitative estimate of drug-likeness (QED) is 0.768. The van der Waals surface area contributed by atoms with Gasteiger partial charge in [0, 0.05) is 18.3 Å². The van der Waals surface area contributed by atoms with E-state index in [4.69, 9.17) is 15.6 Å². The zero-order chi connectivity index (χ0) is 14.5. The van der Waals surface area contributed by atoms with Gasteiger partial charge < -0.3 is 25.8 Å². The number of nitrogens with one attached hydrogen (secondary N) is 1. The molecule has 2 amide bonds. The summed E-state index contributed by atoms with van der Waals surface area (Å²) in [6.07, 6.45) is -0.301. The standard InChI is InChI=1S/C14H21N3O3/c1-10(15)11-3-2-4-12(7-11)16-14(19)17-5-6-20-13(8-17)9-18/h2-4,7,10,13,18H,5-6,8-9,15H2,1H3,(H,16,19). The normalized spacial score (nSPS) is 20.6. The summed E-state index contributed by atoms with van der Waals surface area (Å²) in [6, 6.07) is 7.23. The number of hydrogen-bond donors (Lipinski definition) is 3. The van der Waals surface area contributed by atoms with Crippen LogP contribution < -0.4 is 11.1 Å². The van der Waals surface area contributed by atoms with Gasteiger partial charge in [-0.1, -0.05) is 12.1 Å². The van der Waals surface area contributed by atoms with Crippen LogP contribution in [0.1, 0.15) is 18.5 Å². The number of aliphatic hydroxyl groups is 1. The number of benzene rings is 1. The molecule has 1 saturated heterocycles. The summed E-state index contributed by atoms with van der Waals surface area (Å²) in [7, 11) is 0. The molecule has 1 aliphatic heterocycles. The molecule has 2 unspecified atom stereocenters. The van der Waals surface area contributed by atoms with Crippen molar-refractivity contribution < 1.29 is 14.6 Å². The number of aliphatic hydroxyl groups excluding tert-OH is 1. The number of rotatable bonds is 3. The predicted octanol–water partition coefficient (Wildman–Crippen LogP) is 0.931. The summed E-state index contributed by atoms with van der Waals surface area (Å²) in [5.41, 5.74) is 7.51.